The van der Waals surface area contributed by atoms with Gasteiger partial charge in [-0.25, -0.2) is 0 Å². The number of rotatable bonds is 4. The molecule has 0 saturated carbocycles. The van der Waals surface area contributed by atoms with Crippen LogP contribution < -0.4 is 10.2 Å². The average molecular weight is 312 g/mol. The third-order valence-corrected chi connectivity index (χ3v) is 4.34. The lowest BCUT2D eigenvalue weighted by Gasteiger charge is -2.07. The molecule has 0 amide bonds. The summed E-state index contributed by atoms with van der Waals surface area (Å²) in [6.07, 6.45) is 0. The fourth-order valence-electron chi connectivity index (χ4n) is 2.22. The molecular weight excluding hydrogens is 299 g/mol. The number of hydrogen-bond donors (Lipinski definition) is 0. The monoisotopic (exact) mass is 312 g/mol. The maximum Gasteiger partial charge on any atom is 0.243 e. The Bertz CT molecular complexity index is 903. The first-order chi connectivity index (χ1) is 10.6. The molecule has 0 aliphatic rings. The summed E-state index contributed by atoms with van der Waals surface area (Å²) in [4.78, 5) is 23.1. The van der Waals surface area contributed by atoms with Crippen LogP contribution in [0.3, 0.4) is 0 Å². The second kappa shape index (κ2) is 6.19. The molecule has 6 heteroatoms. The van der Waals surface area contributed by atoms with E-state index in [-0.39, 0.29) is 24.5 Å². The van der Waals surface area contributed by atoms with Gasteiger partial charge >= 0.3 is 0 Å². The molecule has 0 N–H and O–H groups in total. The summed E-state index contributed by atoms with van der Waals surface area (Å²) in [6.45, 7) is 0.495. The Kier molecular flexibility index (Phi) is 4.11. The van der Waals surface area contributed by atoms with Gasteiger partial charge in [0.15, 0.2) is 5.43 Å². The summed E-state index contributed by atoms with van der Waals surface area (Å²) >= 11 is 1.56. The molecular formula is C16H13BO4S. The van der Waals surface area contributed by atoms with Crippen LogP contribution in [0.4, 0.5) is 4.79 Å². The maximum absolute atomic E-state index is 12.4. The van der Waals surface area contributed by atoms with Gasteiger partial charge in [0.1, 0.15) is 19.0 Å². The van der Waals surface area contributed by atoms with Crippen LogP contribution >= 0.6 is 11.3 Å². The van der Waals surface area contributed by atoms with Gasteiger partial charge in [0.2, 0.25) is 13.7 Å². The van der Waals surface area contributed by atoms with Gasteiger partial charge in [-0.1, -0.05) is 12.1 Å². The molecule has 0 aliphatic carbocycles. The van der Waals surface area contributed by atoms with Gasteiger partial charge in [-0.15, -0.1) is 11.3 Å². The Labute approximate surface area is 131 Å². The molecule has 0 saturated heterocycles. The van der Waals surface area contributed by atoms with Crippen molar-refractivity contribution in [2.45, 2.75) is 0 Å². The zero-order valence-corrected chi connectivity index (χ0v) is 12.8. The van der Waals surface area contributed by atoms with Gasteiger partial charge in [0, 0.05) is 20.2 Å². The van der Waals surface area contributed by atoms with Crippen molar-refractivity contribution in [2.75, 3.05) is 13.2 Å². The first-order valence-corrected chi connectivity index (χ1v) is 7.68. The topological polar surface area (TPSA) is 52.6 Å². The van der Waals surface area contributed by atoms with Crippen molar-refractivity contribution in [2.24, 2.45) is 0 Å². The standard InChI is InChI=1S/C16H13BO4S/c17-16(19)21-8-7-20-10-5-6-12-14(9-10)22-13-4-2-1-3-11(13)15(12)18/h1-6,9H,7-8,17H2. The molecule has 0 spiro atoms. The van der Waals surface area contributed by atoms with Crippen LogP contribution in [0.25, 0.3) is 20.2 Å². The SMILES string of the molecule is BC(=O)OCCOc1ccc2c(=O)c3ccccc3sc2c1. The molecule has 0 radical (unpaired) electrons. The van der Waals surface area contributed by atoms with Gasteiger partial charge in [0.05, 0.1) is 0 Å². The summed E-state index contributed by atoms with van der Waals surface area (Å²) in [7, 11) is 1.36. The third kappa shape index (κ3) is 2.97. The van der Waals surface area contributed by atoms with E-state index in [4.69, 9.17) is 9.47 Å². The lowest BCUT2D eigenvalue weighted by Crippen LogP contribution is -2.10. The first kappa shape index (κ1) is 14.6. The highest BCUT2D eigenvalue weighted by Crippen LogP contribution is 2.27. The van der Waals surface area contributed by atoms with Crippen LogP contribution in [0.5, 0.6) is 5.75 Å². The molecule has 4 nitrogen and oxygen atoms in total. The Balaban J connectivity index is 1.91. The molecule has 0 bridgehead atoms. The van der Waals surface area contributed by atoms with Gasteiger partial charge in [-0.2, -0.15) is 0 Å². The molecule has 2 aromatic carbocycles. The molecule has 0 unspecified atom stereocenters. The summed E-state index contributed by atoms with van der Waals surface area (Å²) in [5.41, 5.74) is 0.0378. The first-order valence-electron chi connectivity index (χ1n) is 6.87. The van der Waals surface area contributed by atoms with Crippen LogP contribution in [0.2, 0.25) is 0 Å². The van der Waals surface area contributed by atoms with E-state index in [1.807, 2.05) is 30.3 Å². The highest BCUT2D eigenvalue weighted by Gasteiger charge is 2.06. The molecule has 1 heterocycles. The normalized spacial score (nSPS) is 10.7. The summed E-state index contributed by atoms with van der Waals surface area (Å²) in [5.74, 6) is 0.331. The van der Waals surface area contributed by atoms with Gasteiger partial charge in [0.25, 0.3) is 0 Å². The van der Waals surface area contributed by atoms with Gasteiger partial charge < -0.3 is 9.47 Å². The zero-order chi connectivity index (χ0) is 15.5. The second-order valence-electron chi connectivity index (χ2n) is 4.77. The van der Waals surface area contributed by atoms with E-state index in [1.54, 1.807) is 23.5 Å². The lowest BCUT2D eigenvalue weighted by atomic mass is 10.2. The smallest absolute Gasteiger partial charge is 0.243 e. The van der Waals surface area contributed by atoms with Crippen molar-refractivity contribution in [1.82, 2.24) is 0 Å². The number of hydrogen-bond acceptors (Lipinski definition) is 5. The maximum atomic E-state index is 12.4. The highest BCUT2D eigenvalue weighted by molar-refractivity contribution is 7.24. The Hall–Kier alpha value is -2.34. The van der Waals surface area contributed by atoms with E-state index >= 15 is 0 Å². The average Bonchev–Trinajstić information content (AvgIpc) is 2.51. The number of fused-ring (bicyclic) bond motifs is 2. The Morgan fingerprint density at radius 3 is 2.64 bits per heavy atom. The van der Waals surface area contributed by atoms with E-state index in [0.717, 1.165) is 14.8 Å². The predicted molar refractivity (Wildman–Crippen MR) is 91.0 cm³/mol. The highest BCUT2D eigenvalue weighted by atomic mass is 32.1. The lowest BCUT2D eigenvalue weighted by molar-refractivity contribution is 0.147. The summed E-state index contributed by atoms with van der Waals surface area (Å²) in [6, 6.07) is 13.0. The van der Waals surface area contributed by atoms with E-state index in [9.17, 15) is 9.59 Å². The quantitative estimate of drug-likeness (QED) is 0.422. The van der Waals surface area contributed by atoms with Crippen LogP contribution in [0.1, 0.15) is 0 Å². The van der Waals surface area contributed by atoms with Crippen molar-refractivity contribution < 1.29 is 14.3 Å². The third-order valence-electron chi connectivity index (χ3n) is 3.21. The Morgan fingerprint density at radius 1 is 1.05 bits per heavy atom. The summed E-state index contributed by atoms with van der Waals surface area (Å²) in [5, 5.41) is 1.43. The molecule has 0 aliphatic heterocycles. The summed E-state index contributed by atoms with van der Waals surface area (Å²) < 4.78 is 12.2. The van der Waals surface area contributed by atoms with Crippen LogP contribution in [0.15, 0.2) is 47.3 Å². The predicted octanol–water partition coefficient (Wildman–Crippen LogP) is 2.56. The second-order valence-corrected chi connectivity index (χ2v) is 5.86. The largest absolute Gasteiger partial charge is 0.490 e. The number of carbonyl (C=O) groups excluding carboxylic acids is 1. The van der Waals surface area contributed by atoms with Crippen molar-refractivity contribution in [1.29, 1.82) is 0 Å². The van der Waals surface area contributed by atoms with E-state index in [0.29, 0.717) is 11.1 Å². The van der Waals surface area contributed by atoms with Gasteiger partial charge in [-0.05, 0) is 30.3 Å². The number of carbonyl (C=O) groups is 1. The van der Waals surface area contributed by atoms with Gasteiger partial charge in [-0.3, -0.25) is 9.59 Å². The minimum Gasteiger partial charge on any atom is -0.490 e. The van der Waals surface area contributed by atoms with Crippen molar-refractivity contribution in [3.63, 3.8) is 0 Å². The molecule has 1 aromatic heterocycles. The van der Waals surface area contributed by atoms with E-state index in [2.05, 4.69) is 0 Å². The van der Waals surface area contributed by atoms with Crippen LogP contribution in [-0.2, 0) is 4.74 Å². The van der Waals surface area contributed by atoms with E-state index in [1.165, 1.54) is 7.85 Å². The molecule has 0 atom stereocenters. The Morgan fingerprint density at radius 2 is 1.82 bits per heavy atom. The van der Waals surface area contributed by atoms with Crippen molar-refractivity contribution >= 4 is 45.2 Å². The van der Waals surface area contributed by atoms with Crippen molar-refractivity contribution in [3.8, 4) is 5.75 Å². The van der Waals surface area contributed by atoms with Crippen molar-refractivity contribution in [3.05, 3.63) is 52.7 Å². The van der Waals surface area contributed by atoms with Crippen LogP contribution in [0, 0.1) is 0 Å². The molecule has 0 fully saturated rings. The number of benzene rings is 2. The minimum absolute atomic E-state index is 0.0378. The van der Waals surface area contributed by atoms with Crippen LogP contribution in [-0.4, -0.2) is 26.9 Å². The fourth-order valence-corrected chi connectivity index (χ4v) is 3.32. The molecule has 3 aromatic rings. The molecule has 22 heavy (non-hydrogen) atoms. The molecule has 110 valence electrons. The van der Waals surface area contributed by atoms with E-state index < -0.39 is 0 Å². The zero-order valence-electron chi connectivity index (χ0n) is 12.0. The number of ether oxygens (including phenoxy) is 2. The molecule has 3 rings (SSSR count). The minimum atomic E-state index is -0.327. The fraction of sp³-hybridized carbons (Fsp3) is 0.125.